The van der Waals surface area contributed by atoms with Gasteiger partial charge in [-0.15, -0.1) is 0 Å². The minimum atomic E-state index is 0.466. The van der Waals surface area contributed by atoms with Gasteiger partial charge in [-0.2, -0.15) is 0 Å². The van der Waals surface area contributed by atoms with E-state index in [2.05, 4.69) is 10.1 Å². The topological polar surface area (TPSA) is 52.1 Å². The van der Waals surface area contributed by atoms with Gasteiger partial charge >= 0.3 is 0 Å². The summed E-state index contributed by atoms with van der Waals surface area (Å²) < 4.78 is 10.8. The van der Waals surface area contributed by atoms with E-state index < -0.39 is 0 Å². The van der Waals surface area contributed by atoms with Crippen molar-refractivity contribution in [3.63, 3.8) is 0 Å². The third kappa shape index (κ3) is 6.77. The average molecular weight is 368 g/mol. The average Bonchev–Trinajstić information content (AvgIpc) is 3.47. The van der Waals surface area contributed by atoms with E-state index in [0.717, 1.165) is 0 Å². The summed E-state index contributed by atoms with van der Waals surface area (Å²) in [6, 6.07) is 36.5. The van der Waals surface area contributed by atoms with Gasteiger partial charge in [-0.05, 0) is 29.4 Å². The highest BCUT2D eigenvalue weighted by molar-refractivity contribution is 5.69. The monoisotopic (exact) mass is 368 g/mol. The van der Waals surface area contributed by atoms with Crippen LogP contribution in [0.15, 0.2) is 130 Å². The van der Waals surface area contributed by atoms with Gasteiger partial charge in [-0.1, -0.05) is 91.0 Å². The number of pyridine rings is 1. The first kappa shape index (κ1) is 18.9. The minimum Gasteiger partial charge on any atom is -0.428 e. The molecule has 0 N–H and O–H groups in total. The van der Waals surface area contributed by atoms with Crippen molar-refractivity contribution < 1.29 is 8.94 Å². The predicted octanol–water partition coefficient (Wildman–Crippen LogP) is 6.42. The van der Waals surface area contributed by atoms with Gasteiger partial charge in [-0.3, -0.25) is 4.98 Å². The lowest BCUT2D eigenvalue weighted by molar-refractivity contribution is 0.439. The van der Waals surface area contributed by atoms with Crippen molar-refractivity contribution in [1.29, 1.82) is 0 Å². The van der Waals surface area contributed by atoms with Crippen LogP contribution in [0.25, 0.3) is 22.8 Å². The predicted molar refractivity (Wildman–Crippen MR) is 111 cm³/mol. The fourth-order valence-electron chi connectivity index (χ4n) is 2.07. The molecule has 0 aliphatic carbocycles. The van der Waals surface area contributed by atoms with Crippen LogP contribution in [0.4, 0.5) is 0 Å². The van der Waals surface area contributed by atoms with Crippen LogP contribution < -0.4 is 0 Å². The molecular weight excluding hydrogens is 348 g/mol. The van der Waals surface area contributed by atoms with Crippen molar-refractivity contribution in [2.45, 2.75) is 0 Å². The van der Waals surface area contributed by atoms with Crippen LogP contribution in [0.2, 0.25) is 0 Å². The maximum atomic E-state index is 5.47. The molecule has 0 fully saturated rings. The van der Waals surface area contributed by atoms with Crippen LogP contribution in [0.5, 0.6) is 0 Å². The van der Waals surface area contributed by atoms with Gasteiger partial charge in [-0.25, -0.2) is 0 Å². The number of hydrogen-bond donors (Lipinski definition) is 0. The van der Waals surface area contributed by atoms with Gasteiger partial charge in [0.05, 0.1) is 0 Å². The third-order valence-electron chi connectivity index (χ3n) is 3.46. The quantitative estimate of drug-likeness (QED) is 0.459. The molecule has 138 valence electrons. The van der Waals surface area contributed by atoms with Crippen molar-refractivity contribution in [3.05, 3.63) is 121 Å². The lowest BCUT2D eigenvalue weighted by Crippen LogP contribution is -1.73. The molecule has 0 saturated heterocycles. The van der Waals surface area contributed by atoms with Crippen molar-refractivity contribution in [3.8, 4) is 11.7 Å². The molecular formula is C24H20N2O2. The first-order valence-electron chi connectivity index (χ1n) is 8.87. The molecule has 2 aliphatic rings. The third-order valence-corrected chi connectivity index (χ3v) is 3.46. The molecule has 0 amide bonds. The largest absolute Gasteiger partial charge is 0.428 e. The number of rotatable bonds is 0. The van der Waals surface area contributed by atoms with Crippen molar-refractivity contribution in [2.24, 2.45) is 0 Å². The zero-order chi connectivity index (χ0) is 19.3. The van der Waals surface area contributed by atoms with E-state index in [0.29, 0.717) is 22.8 Å². The molecule has 28 heavy (non-hydrogen) atoms. The molecule has 2 aliphatic heterocycles. The highest BCUT2D eigenvalue weighted by Crippen LogP contribution is 2.26. The Morgan fingerprint density at radius 2 is 1.07 bits per heavy atom. The van der Waals surface area contributed by atoms with Crippen LogP contribution in [0.3, 0.4) is 0 Å². The Hall–Kier alpha value is -3.92. The summed E-state index contributed by atoms with van der Waals surface area (Å²) in [5, 5.41) is 4.01. The van der Waals surface area contributed by atoms with Crippen molar-refractivity contribution in [1.82, 2.24) is 10.1 Å². The molecule has 0 atom stereocenters. The second kappa shape index (κ2) is 10.9. The Labute approximate surface area is 163 Å². The van der Waals surface area contributed by atoms with Gasteiger partial charge in [0, 0.05) is 6.20 Å². The maximum Gasteiger partial charge on any atom is 0.300 e. The Morgan fingerprint density at radius 1 is 0.536 bits per heavy atom. The van der Waals surface area contributed by atoms with E-state index in [1.54, 1.807) is 12.3 Å². The smallest absolute Gasteiger partial charge is 0.300 e. The molecule has 3 heterocycles. The van der Waals surface area contributed by atoms with Crippen LogP contribution in [-0.2, 0) is 0 Å². The number of aromatic nitrogens is 2. The maximum absolute atomic E-state index is 5.47. The van der Waals surface area contributed by atoms with Crippen molar-refractivity contribution >= 4 is 11.1 Å². The molecule has 1 aromatic rings. The lowest BCUT2D eigenvalue weighted by Gasteiger charge is -1.86. The summed E-state index contributed by atoms with van der Waals surface area (Å²) in [7, 11) is 0. The summed E-state index contributed by atoms with van der Waals surface area (Å²) in [6.45, 7) is 0. The Balaban J connectivity index is 1.99. The first-order valence-corrected chi connectivity index (χ1v) is 8.87. The molecule has 0 spiro atoms. The van der Waals surface area contributed by atoms with Crippen LogP contribution in [-0.4, -0.2) is 10.1 Å². The molecule has 0 saturated carbocycles. The zero-order valence-electron chi connectivity index (χ0n) is 15.3. The van der Waals surface area contributed by atoms with Gasteiger partial charge in [0.2, 0.25) is 0 Å². The molecule has 3 rings (SSSR count). The van der Waals surface area contributed by atoms with E-state index in [1.165, 1.54) is 0 Å². The SMILES string of the molecule is c1ccccccccc2oc-2noc2cccnc2cccccccc1. The summed E-state index contributed by atoms with van der Waals surface area (Å²) in [6.07, 6.45) is 1.71. The van der Waals surface area contributed by atoms with E-state index in [4.69, 9.17) is 8.94 Å². The number of fused-ring (bicyclic) bond motifs is 2. The van der Waals surface area contributed by atoms with Crippen LogP contribution in [0, 0.1) is 0 Å². The second-order valence-electron chi connectivity index (χ2n) is 5.56. The van der Waals surface area contributed by atoms with Crippen LogP contribution in [0.1, 0.15) is 0 Å². The lowest BCUT2D eigenvalue weighted by atomic mass is 10.3. The zero-order valence-corrected chi connectivity index (χ0v) is 15.3. The summed E-state index contributed by atoms with van der Waals surface area (Å²) in [5.74, 6) is 1.15. The normalized spacial score (nSPS) is 9.43. The summed E-state index contributed by atoms with van der Waals surface area (Å²) in [5.41, 5.74) is 1.25. The molecule has 1 aromatic heterocycles. The molecule has 0 radical (unpaired) electrons. The first-order chi connectivity index (χ1) is 13.9. The standard InChI is InChI=1S/C24H20N2O2/c1-2-4-6-8-10-12-14-17-21-22(19-16-20-25-21)28-26-24-23(27-24)18-15-13-11-9-7-5-3-1/h1-20H. The number of hydrogen-bond acceptors (Lipinski definition) is 4. The highest BCUT2D eigenvalue weighted by Gasteiger charge is 2.14. The summed E-state index contributed by atoms with van der Waals surface area (Å²) in [4.78, 5) is 4.31. The molecule has 0 bridgehead atoms. The second-order valence-corrected chi connectivity index (χ2v) is 5.56. The molecule has 4 heteroatoms. The Morgan fingerprint density at radius 3 is 1.68 bits per heavy atom. The highest BCUT2D eigenvalue weighted by atomic mass is 16.5. The van der Waals surface area contributed by atoms with Crippen molar-refractivity contribution in [2.75, 3.05) is 0 Å². The van der Waals surface area contributed by atoms with E-state index in [9.17, 15) is 0 Å². The molecule has 0 aromatic carbocycles. The van der Waals surface area contributed by atoms with Gasteiger partial charge in [0.15, 0.2) is 11.3 Å². The van der Waals surface area contributed by atoms with E-state index >= 15 is 0 Å². The Kier molecular flexibility index (Phi) is 7.36. The van der Waals surface area contributed by atoms with Crippen LogP contribution >= 0.6 is 0 Å². The van der Waals surface area contributed by atoms with E-state index in [-0.39, 0.29) is 0 Å². The van der Waals surface area contributed by atoms with E-state index in [1.807, 2.05) is 109 Å². The Bertz CT molecular complexity index is 1100. The fraction of sp³-hybridized carbons (Fsp3) is 0. The summed E-state index contributed by atoms with van der Waals surface area (Å²) >= 11 is 0. The molecule has 0 unspecified atom stereocenters. The number of nitrogens with zero attached hydrogens (tertiary/aromatic N) is 2. The van der Waals surface area contributed by atoms with Gasteiger partial charge in [0.25, 0.3) is 5.89 Å². The fourth-order valence-corrected chi connectivity index (χ4v) is 2.07. The minimum absolute atomic E-state index is 0.466. The van der Waals surface area contributed by atoms with Gasteiger partial charge < -0.3 is 8.94 Å². The molecule has 4 nitrogen and oxygen atoms in total. The van der Waals surface area contributed by atoms with Gasteiger partial charge in [0.1, 0.15) is 5.52 Å².